The lowest BCUT2D eigenvalue weighted by atomic mass is 9.85. The molecule has 0 aromatic heterocycles. The molecule has 0 amide bonds. The molecule has 2 aliphatic rings. The number of β-amino-alcohol motifs (C(OH)–C–C–N with tert-alkyl or cyclic N) is 1. The van der Waals surface area contributed by atoms with Gasteiger partial charge in [0.25, 0.3) is 0 Å². The van der Waals surface area contributed by atoms with Crippen molar-refractivity contribution >= 4 is 0 Å². The molecule has 1 saturated carbocycles. The summed E-state index contributed by atoms with van der Waals surface area (Å²) in [6, 6.07) is 0.754. The van der Waals surface area contributed by atoms with Crippen molar-refractivity contribution in [2.75, 3.05) is 26.3 Å². The highest BCUT2D eigenvalue weighted by molar-refractivity contribution is 4.90. The summed E-state index contributed by atoms with van der Waals surface area (Å²) in [4.78, 5) is 2.51. The van der Waals surface area contributed by atoms with E-state index in [-0.39, 0.29) is 6.10 Å². The van der Waals surface area contributed by atoms with Gasteiger partial charge in [-0.25, -0.2) is 0 Å². The van der Waals surface area contributed by atoms with Crippen molar-refractivity contribution in [3.8, 4) is 0 Å². The second-order valence-electron chi connectivity index (χ2n) is 5.98. The van der Waals surface area contributed by atoms with Crippen LogP contribution in [0.3, 0.4) is 0 Å². The summed E-state index contributed by atoms with van der Waals surface area (Å²) >= 11 is 0. The third kappa shape index (κ3) is 3.94. The molecule has 3 atom stereocenters. The SMILES string of the molecule is CCCCOCC(O)CN1CCC2CCCCC21. The summed E-state index contributed by atoms with van der Waals surface area (Å²) < 4.78 is 5.51. The van der Waals surface area contributed by atoms with E-state index in [0.29, 0.717) is 6.61 Å². The molecule has 1 aliphatic heterocycles. The van der Waals surface area contributed by atoms with Gasteiger partial charge in [-0.15, -0.1) is 0 Å². The normalized spacial score (nSPS) is 30.3. The fraction of sp³-hybridized carbons (Fsp3) is 1.00. The number of aliphatic hydroxyl groups is 1. The van der Waals surface area contributed by atoms with Crippen molar-refractivity contribution in [3.05, 3.63) is 0 Å². The van der Waals surface area contributed by atoms with Gasteiger partial charge in [0, 0.05) is 19.2 Å². The smallest absolute Gasteiger partial charge is 0.0900 e. The molecule has 0 spiro atoms. The maximum absolute atomic E-state index is 10.0. The number of fused-ring (bicyclic) bond motifs is 1. The third-order valence-electron chi connectivity index (χ3n) is 4.52. The molecule has 0 bridgehead atoms. The van der Waals surface area contributed by atoms with E-state index >= 15 is 0 Å². The Bertz CT molecular complexity index is 235. The minimum atomic E-state index is -0.303. The fourth-order valence-corrected chi connectivity index (χ4v) is 3.52. The number of hydrogen-bond acceptors (Lipinski definition) is 3. The Kier molecular flexibility index (Phi) is 5.93. The van der Waals surface area contributed by atoms with E-state index in [2.05, 4.69) is 11.8 Å². The Morgan fingerprint density at radius 1 is 1.28 bits per heavy atom. The molecule has 3 nitrogen and oxygen atoms in total. The Labute approximate surface area is 112 Å². The molecule has 18 heavy (non-hydrogen) atoms. The van der Waals surface area contributed by atoms with Gasteiger partial charge in [-0.1, -0.05) is 26.2 Å². The first kappa shape index (κ1) is 14.3. The van der Waals surface area contributed by atoms with Crippen LogP contribution in [0.25, 0.3) is 0 Å². The van der Waals surface area contributed by atoms with Crippen LogP contribution in [0.4, 0.5) is 0 Å². The molecule has 2 fully saturated rings. The van der Waals surface area contributed by atoms with Gasteiger partial charge >= 0.3 is 0 Å². The van der Waals surface area contributed by atoms with Gasteiger partial charge < -0.3 is 9.84 Å². The van der Waals surface area contributed by atoms with Crippen LogP contribution in [0.2, 0.25) is 0 Å². The Balaban J connectivity index is 1.65. The summed E-state index contributed by atoms with van der Waals surface area (Å²) in [5.74, 6) is 0.909. The fourth-order valence-electron chi connectivity index (χ4n) is 3.52. The molecule has 1 aliphatic carbocycles. The summed E-state index contributed by atoms with van der Waals surface area (Å²) in [5.41, 5.74) is 0. The zero-order chi connectivity index (χ0) is 12.8. The molecular weight excluding hydrogens is 226 g/mol. The van der Waals surface area contributed by atoms with Crippen LogP contribution in [-0.2, 0) is 4.74 Å². The van der Waals surface area contributed by atoms with Gasteiger partial charge in [-0.3, -0.25) is 4.90 Å². The van der Waals surface area contributed by atoms with Crippen molar-refractivity contribution in [1.82, 2.24) is 4.90 Å². The van der Waals surface area contributed by atoms with Crippen molar-refractivity contribution < 1.29 is 9.84 Å². The lowest BCUT2D eigenvalue weighted by Crippen LogP contribution is -2.40. The van der Waals surface area contributed by atoms with E-state index in [1.54, 1.807) is 0 Å². The van der Waals surface area contributed by atoms with Crippen molar-refractivity contribution in [3.63, 3.8) is 0 Å². The maximum atomic E-state index is 10.0. The van der Waals surface area contributed by atoms with Crippen molar-refractivity contribution in [2.45, 2.75) is 64.0 Å². The molecule has 1 saturated heterocycles. The van der Waals surface area contributed by atoms with Crippen LogP contribution < -0.4 is 0 Å². The first-order chi connectivity index (χ1) is 8.81. The minimum Gasteiger partial charge on any atom is -0.389 e. The first-order valence-corrected chi connectivity index (χ1v) is 7.81. The standard InChI is InChI=1S/C15H29NO2/c1-2-3-10-18-12-14(17)11-16-9-8-13-6-4-5-7-15(13)16/h13-15,17H,2-12H2,1H3. The quantitative estimate of drug-likeness (QED) is 0.709. The van der Waals surface area contributed by atoms with Crippen LogP contribution in [0.1, 0.15) is 51.9 Å². The number of unbranched alkanes of at least 4 members (excludes halogenated alkanes) is 1. The van der Waals surface area contributed by atoms with E-state index in [1.807, 2.05) is 0 Å². The molecule has 0 aromatic carbocycles. The van der Waals surface area contributed by atoms with Gasteiger partial charge in [-0.05, 0) is 38.1 Å². The van der Waals surface area contributed by atoms with Crippen LogP contribution in [0.15, 0.2) is 0 Å². The summed E-state index contributed by atoms with van der Waals surface area (Å²) in [7, 11) is 0. The second kappa shape index (κ2) is 7.46. The summed E-state index contributed by atoms with van der Waals surface area (Å²) in [6.45, 7) is 5.45. The lowest BCUT2D eigenvalue weighted by molar-refractivity contribution is 0.00973. The Morgan fingerprint density at radius 2 is 2.11 bits per heavy atom. The van der Waals surface area contributed by atoms with Crippen LogP contribution >= 0.6 is 0 Å². The Hall–Kier alpha value is -0.120. The summed E-state index contributed by atoms with van der Waals surface area (Å²) in [6.07, 6.45) is 8.83. The summed E-state index contributed by atoms with van der Waals surface area (Å²) in [5, 5.41) is 10.0. The number of aliphatic hydroxyl groups excluding tert-OH is 1. The number of hydrogen-bond donors (Lipinski definition) is 1. The predicted molar refractivity (Wildman–Crippen MR) is 73.7 cm³/mol. The molecule has 1 heterocycles. The number of rotatable bonds is 7. The van der Waals surface area contributed by atoms with E-state index in [4.69, 9.17) is 4.74 Å². The third-order valence-corrected chi connectivity index (χ3v) is 4.52. The van der Waals surface area contributed by atoms with E-state index < -0.39 is 0 Å². The van der Waals surface area contributed by atoms with Crippen molar-refractivity contribution in [2.24, 2.45) is 5.92 Å². The molecule has 0 radical (unpaired) electrons. The average Bonchev–Trinajstić information content (AvgIpc) is 2.78. The van der Waals surface area contributed by atoms with E-state index in [9.17, 15) is 5.11 Å². The number of ether oxygens (including phenoxy) is 1. The van der Waals surface area contributed by atoms with E-state index in [0.717, 1.165) is 38.0 Å². The molecule has 3 heteroatoms. The minimum absolute atomic E-state index is 0.303. The van der Waals surface area contributed by atoms with Gasteiger partial charge in [0.2, 0.25) is 0 Å². The van der Waals surface area contributed by atoms with Gasteiger partial charge in [0.1, 0.15) is 0 Å². The topological polar surface area (TPSA) is 32.7 Å². The van der Waals surface area contributed by atoms with Crippen LogP contribution in [-0.4, -0.2) is 48.5 Å². The second-order valence-corrected chi connectivity index (χ2v) is 5.98. The highest BCUT2D eigenvalue weighted by atomic mass is 16.5. The first-order valence-electron chi connectivity index (χ1n) is 7.81. The molecule has 1 N–H and O–H groups in total. The molecule has 0 aromatic rings. The van der Waals surface area contributed by atoms with Crippen molar-refractivity contribution in [1.29, 1.82) is 0 Å². The van der Waals surface area contributed by atoms with Gasteiger partial charge in [-0.2, -0.15) is 0 Å². The lowest BCUT2D eigenvalue weighted by Gasteiger charge is -2.32. The number of nitrogens with zero attached hydrogens (tertiary/aromatic N) is 1. The number of likely N-dealkylation sites (tertiary alicyclic amines) is 1. The maximum Gasteiger partial charge on any atom is 0.0900 e. The molecule has 2 rings (SSSR count). The van der Waals surface area contributed by atoms with E-state index in [1.165, 1.54) is 38.6 Å². The van der Waals surface area contributed by atoms with Gasteiger partial charge in [0.15, 0.2) is 0 Å². The van der Waals surface area contributed by atoms with Gasteiger partial charge in [0.05, 0.1) is 12.7 Å². The van der Waals surface area contributed by atoms with Crippen LogP contribution in [0.5, 0.6) is 0 Å². The monoisotopic (exact) mass is 255 g/mol. The zero-order valence-corrected chi connectivity index (χ0v) is 11.8. The highest BCUT2D eigenvalue weighted by Crippen LogP contribution is 2.35. The zero-order valence-electron chi connectivity index (χ0n) is 11.8. The predicted octanol–water partition coefficient (Wildman–Crippen LogP) is 2.43. The van der Waals surface area contributed by atoms with Crippen LogP contribution in [0, 0.1) is 5.92 Å². The average molecular weight is 255 g/mol. The molecule has 106 valence electrons. The molecular formula is C15H29NO2. The largest absolute Gasteiger partial charge is 0.389 e. The molecule has 3 unspecified atom stereocenters. The Morgan fingerprint density at radius 3 is 2.94 bits per heavy atom. The highest BCUT2D eigenvalue weighted by Gasteiger charge is 2.36.